The van der Waals surface area contributed by atoms with Gasteiger partial charge in [0.15, 0.2) is 0 Å². The summed E-state index contributed by atoms with van der Waals surface area (Å²) in [5, 5.41) is 10.2. The molecule has 1 heterocycles. The molecule has 1 N–H and O–H groups in total. The Labute approximate surface area is 119 Å². The number of halogens is 1. The van der Waals surface area contributed by atoms with Gasteiger partial charge in [-0.3, -0.25) is 9.69 Å². The van der Waals surface area contributed by atoms with Crippen molar-refractivity contribution in [1.29, 1.82) is 0 Å². The highest BCUT2D eigenvalue weighted by molar-refractivity contribution is 6.30. The number of likely N-dealkylation sites (tertiary alicyclic amines) is 1. The topological polar surface area (TPSA) is 40.5 Å². The van der Waals surface area contributed by atoms with Gasteiger partial charge in [0.2, 0.25) is 0 Å². The van der Waals surface area contributed by atoms with E-state index in [1.54, 1.807) is 12.1 Å². The maximum Gasteiger partial charge on any atom is 0.325 e. The van der Waals surface area contributed by atoms with Crippen molar-refractivity contribution < 1.29 is 9.90 Å². The normalized spacial score (nSPS) is 29.4. The van der Waals surface area contributed by atoms with Crippen LogP contribution in [-0.4, -0.2) is 28.6 Å². The molecule has 104 valence electrons. The summed E-state index contributed by atoms with van der Waals surface area (Å²) in [6, 6.07) is 6.80. The van der Waals surface area contributed by atoms with Crippen LogP contribution < -0.4 is 0 Å². The zero-order valence-corrected chi connectivity index (χ0v) is 12.3. The Kier molecular flexibility index (Phi) is 4.16. The van der Waals surface area contributed by atoms with Crippen LogP contribution in [0.4, 0.5) is 0 Å². The van der Waals surface area contributed by atoms with E-state index in [1.807, 2.05) is 12.1 Å². The fourth-order valence-corrected chi connectivity index (χ4v) is 3.03. The molecule has 1 aromatic rings. The van der Waals surface area contributed by atoms with Crippen LogP contribution in [-0.2, 0) is 4.79 Å². The van der Waals surface area contributed by atoms with Crippen molar-refractivity contribution in [3.05, 3.63) is 34.9 Å². The molecule has 2 rings (SSSR count). The highest BCUT2D eigenvalue weighted by atomic mass is 35.5. The Morgan fingerprint density at radius 3 is 2.32 bits per heavy atom. The van der Waals surface area contributed by atoms with Gasteiger partial charge in [0.1, 0.15) is 6.04 Å². The molecule has 1 aromatic carbocycles. The number of hydrogen-bond acceptors (Lipinski definition) is 2. The Hall–Kier alpha value is -1.06. The van der Waals surface area contributed by atoms with Crippen LogP contribution in [0.1, 0.15) is 32.4 Å². The van der Waals surface area contributed by atoms with E-state index in [0.29, 0.717) is 16.9 Å². The lowest BCUT2D eigenvalue weighted by Crippen LogP contribution is -2.37. The molecule has 1 aliphatic rings. The minimum absolute atomic E-state index is 0.270. The molecule has 0 spiro atoms. The molecule has 3 nitrogen and oxygen atoms in total. The summed E-state index contributed by atoms with van der Waals surface area (Å²) in [4.78, 5) is 13.7. The van der Waals surface area contributed by atoms with Crippen LogP contribution in [0, 0.1) is 11.8 Å². The SMILES string of the molecule is CC1CN(C(C(=O)O)c2ccc(Cl)cc2)C(C)C1C. The maximum absolute atomic E-state index is 11.7. The number of aliphatic carboxylic acids is 1. The first kappa shape index (κ1) is 14.4. The van der Waals surface area contributed by atoms with Gasteiger partial charge in [-0.25, -0.2) is 0 Å². The maximum atomic E-state index is 11.7. The molecule has 19 heavy (non-hydrogen) atoms. The fourth-order valence-electron chi connectivity index (χ4n) is 2.90. The third kappa shape index (κ3) is 2.77. The van der Waals surface area contributed by atoms with E-state index in [9.17, 15) is 9.90 Å². The number of rotatable bonds is 3. The average Bonchev–Trinajstić information content (AvgIpc) is 2.60. The van der Waals surface area contributed by atoms with Crippen LogP contribution in [0.5, 0.6) is 0 Å². The van der Waals surface area contributed by atoms with Crippen molar-refractivity contribution in [2.45, 2.75) is 32.9 Å². The molecule has 1 aliphatic heterocycles. The number of carboxylic acid groups (broad SMARTS) is 1. The van der Waals surface area contributed by atoms with Crippen molar-refractivity contribution in [2.75, 3.05) is 6.54 Å². The number of benzene rings is 1. The van der Waals surface area contributed by atoms with Crippen LogP contribution in [0.25, 0.3) is 0 Å². The van der Waals surface area contributed by atoms with E-state index in [4.69, 9.17) is 11.6 Å². The molecular weight excluding hydrogens is 262 g/mol. The Morgan fingerprint density at radius 1 is 1.32 bits per heavy atom. The minimum Gasteiger partial charge on any atom is -0.480 e. The molecule has 4 heteroatoms. The van der Waals surface area contributed by atoms with Crippen LogP contribution in [0.15, 0.2) is 24.3 Å². The van der Waals surface area contributed by atoms with Crippen molar-refractivity contribution in [3.8, 4) is 0 Å². The van der Waals surface area contributed by atoms with Gasteiger partial charge in [-0.1, -0.05) is 37.6 Å². The standard InChI is InChI=1S/C15H20ClNO2/c1-9-8-17(11(3)10(9)2)14(15(18)19)12-4-6-13(16)7-5-12/h4-7,9-11,14H,8H2,1-3H3,(H,18,19). The molecule has 4 unspecified atom stereocenters. The molecule has 0 aliphatic carbocycles. The first-order valence-electron chi connectivity index (χ1n) is 6.66. The van der Waals surface area contributed by atoms with Gasteiger partial charge < -0.3 is 5.11 Å². The summed E-state index contributed by atoms with van der Waals surface area (Å²) >= 11 is 5.87. The van der Waals surface area contributed by atoms with Crippen molar-refractivity contribution >= 4 is 17.6 Å². The summed E-state index contributed by atoms with van der Waals surface area (Å²) in [6.45, 7) is 7.31. The smallest absolute Gasteiger partial charge is 0.325 e. The lowest BCUT2D eigenvalue weighted by molar-refractivity contribution is -0.144. The second-order valence-electron chi connectivity index (χ2n) is 5.57. The van der Waals surface area contributed by atoms with E-state index in [1.165, 1.54) is 0 Å². The van der Waals surface area contributed by atoms with E-state index >= 15 is 0 Å². The second kappa shape index (κ2) is 5.51. The van der Waals surface area contributed by atoms with Gasteiger partial charge in [-0.15, -0.1) is 0 Å². The van der Waals surface area contributed by atoms with E-state index in [2.05, 4.69) is 25.7 Å². The van der Waals surface area contributed by atoms with Gasteiger partial charge >= 0.3 is 5.97 Å². The van der Waals surface area contributed by atoms with Crippen molar-refractivity contribution in [1.82, 2.24) is 4.90 Å². The van der Waals surface area contributed by atoms with Crippen LogP contribution in [0.3, 0.4) is 0 Å². The van der Waals surface area contributed by atoms with Crippen LogP contribution >= 0.6 is 11.6 Å². The van der Waals surface area contributed by atoms with Gasteiger partial charge in [-0.05, 0) is 36.5 Å². The first-order chi connectivity index (χ1) is 8.91. The molecule has 1 fully saturated rings. The second-order valence-corrected chi connectivity index (χ2v) is 6.00. The lowest BCUT2D eigenvalue weighted by Gasteiger charge is -2.29. The molecule has 1 saturated heterocycles. The summed E-state index contributed by atoms with van der Waals surface area (Å²) in [7, 11) is 0. The molecule has 0 amide bonds. The molecular formula is C15H20ClNO2. The molecule has 0 saturated carbocycles. The van der Waals surface area contributed by atoms with Crippen molar-refractivity contribution in [2.24, 2.45) is 11.8 Å². The number of hydrogen-bond donors (Lipinski definition) is 1. The van der Waals surface area contributed by atoms with Gasteiger partial charge in [0, 0.05) is 17.6 Å². The quantitative estimate of drug-likeness (QED) is 0.923. The van der Waals surface area contributed by atoms with Gasteiger partial charge in [-0.2, -0.15) is 0 Å². The monoisotopic (exact) mass is 281 g/mol. The summed E-state index contributed by atoms with van der Waals surface area (Å²) < 4.78 is 0. The molecule has 4 atom stereocenters. The van der Waals surface area contributed by atoms with Crippen LogP contribution in [0.2, 0.25) is 5.02 Å². The summed E-state index contributed by atoms with van der Waals surface area (Å²) in [5.41, 5.74) is 0.796. The Morgan fingerprint density at radius 2 is 1.89 bits per heavy atom. The third-order valence-corrected chi connectivity index (χ3v) is 4.68. The minimum atomic E-state index is -0.796. The van der Waals surface area contributed by atoms with E-state index in [-0.39, 0.29) is 6.04 Å². The summed E-state index contributed by atoms with van der Waals surface area (Å²) in [6.07, 6.45) is 0. The highest BCUT2D eigenvalue weighted by Crippen LogP contribution is 2.36. The van der Waals surface area contributed by atoms with Gasteiger partial charge in [0.25, 0.3) is 0 Å². The predicted octanol–water partition coefficient (Wildman–Crippen LogP) is 3.44. The number of nitrogens with zero attached hydrogens (tertiary/aromatic N) is 1. The zero-order chi connectivity index (χ0) is 14.2. The van der Waals surface area contributed by atoms with E-state index in [0.717, 1.165) is 12.1 Å². The fraction of sp³-hybridized carbons (Fsp3) is 0.533. The molecule has 0 bridgehead atoms. The number of carbonyl (C=O) groups is 1. The van der Waals surface area contributed by atoms with E-state index < -0.39 is 12.0 Å². The first-order valence-corrected chi connectivity index (χ1v) is 7.03. The zero-order valence-electron chi connectivity index (χ0n) is 11.5. The average molecular weight is 282 g/mol. The Balaban J connectivity index is 2.31. The lowest BCUT2D eigenvalue weighted by atomic mass is 9.95. The highest BCUT2D eigenvalue weighted by Gasteiger charge is 2.40. The molecule has 0 radical (unpaired) electrons. The Bertz CT molecular complexity index is 460. The molecule has 0 aromatic heterocycles. The number of carboxylic acids is 1. The van der Waals surface area contributed by atoms with Crippen molar-refractivity contribution in [3.63, 3.8) is 0 Å². The predicted molar refractivity (Wildman–Crippen MR) is 76.3 cm³/mol. The third-order valence-electron chi connectivity index (χ3n) is 4.43. The van der Waals surface area contributed by atoms with Gasteiger partial charge in [0.05, 0.1) is 0 Å². The largest absolute Gasteiger partial charge is 0.480 e. The summed E-state index contributed by atoms with van der Waals surface area (Å²) in [5.74, 6) is 0.230.